The number of carbonyl (C=O) groups is 1. The normalized spacial score (nSPS) is 10.8. The number of pyridine rings is 1. The highest BCUT2D eigenvalue weighted by molar-refractivity contribution is 7.80. The Bertz CT molecular complexity index is 393. The predicted molar refractivity (Wildman–Crippen MR) is 63.7 cm³/mol. The molecule has 0 bridgehead atoms. The molecule has 5 heteroatoms. The van der Waals surface area contributed by atoms with E-state index in [2.05, 4.69) is 17.6 Å². The van der Waals surface area contributed by atoms with E-state index >= 15 is 0 Å². The number of carboxylic acids is 1. The van der Waals surface area contributed by atoms with Gasteiger partial charge in [0.25, 0.3) is 0 Å². The fourth-order valence-electron chi connectivity index (χ4n) is 0.995. The zero-order valence-electron chi connectivity index (χ0n) is 7.85. The van der Waals surface area contributed by atoms with Gasteiger partial charge < -0.3 is 5.11 Å². The van der Waals surface area contributed by atoms with Gasteiger partial charge in [-0.15, -0.1) is 0 Å². The van der Waals surface area contributed by atoms with Gasteiger partial charge in [-0.3, -0.25) is 0 Å². The van der Waals surface area contributed by atoms with Crippen molar-refractivity contribution in [3.05, 3.63) is 34.6 Å². The number of aromatic carboxylic acids is 1. The molecule has 0 spiro atoms. The van der Waals surface area contributed by atoms with Crippen molar-refractivity contribution >= 4 is 36.3 Å². The summed E-state index contributed by atoms with van der Waals surface area (Å²) in [7, 11) is 0. The number of hydrogen-bond donors (Lipinski definition) is 2. The van der Waals surface area contributed by atoms with E-state index in [1.807, 2.05) is 12.2 Å². The molecular formula is C10H10ClNO2S. The first-order valence-corrected chi connectivity index (χ1v) is 5.32. The second kappa shape index (κ2) is 5.78. The molecule has 1 heterocycles. The number of halogens is 1. The second-order valence-corrected chi connectivity index (χ2v) is 3.67. The summed E-state index contributed by atoms with van der Waals surface area (Å²) in [5.41, 5.74) is 0.662. The van der Waals surface area contributed by atoms with Gasteiger partial charge in [-0.2, -0.15) is 12.6 Å². The molecule has 0 aromatic carbocycles. The Morgan fingerprint density at radius 1 is 1.67 bits per heavy atom. The molecule has 0 fully saturated rings. The molecule has 0 aliphatic carbocycles. The van der Waals surface area contributed by atoms with E-state index in [1.165, 1.54) is 6.20 Å². The number of allylic oxidation sites excluding steroid dienone is 1. The molecule has 15 heavy (non-hydrogen) atoms. The van der Waals surface area contributed by atoms with E-state index < -0.39 is 5.97 Å². The Morgan fingerprint density at radius 3 is 2.93 bits per heavy atom. The first kappa shape index (κ1) is 12.1. The van der Waals surface area contributed by atoms with Crippen LogP contribution in [0.25, 0.3) is 6.08 Å². The first-order chi connectivity index (χ1) is 7.15. The molecule has 0 aliphatic heterocycles. The fraction of sp³-hybridized carbons (Fsp3) is 0.200. The molecule has 0 saturated heterocycles. The van der Waals surface area contributed by atoms with Gasteiger partial charge in [0.1, 0.15) is 0 Å². The van der Waals surface area contributed by atoms with Gasteiger partial charge in [0.05, 0.1) is 5.02 Å². The van der Waals surface area contributed by atoms with Gasteiger partial charge in [0.15, 0.2) is 5.69 Å². The van der Waals surface area contributed by atoms with Crippen LogP contribution in [0.15, 0.2) is 18.3 Å². The molecule has 1 N–H and O–H groups in total. The Hall–Kier alpha value is -1.000. The maximum Gasteiger partial charge on any atom is 0.356 e. The maximum atomic E-state index is 10.6. The van der Waals surface area contributed by atoms with Crippen LogP contribution in [0.3, 0.4) is 0 Å². The monoisotopic (exact) mass is 243 g/mol. The second-order valence-electron chi connectivity index (χ2n) is 2.82. The summed E-state index contributed by atoms with van der Waals surface area (Å²) < 4.78 is 0. The largest absolute Gasteiger partial charge is 0.476 e. The SMILES string of the molecule is O=C(O)c1ncc(C=CCCS)cc1Cl. The lowest BCUT2D eigenvalue weighted by molar-refractivity contribution is 0.0690. The average Bonchev–Trinajstić information content (AvgIpc) is 2.17. The van der Waals surface area contributed by atoms with Crippen LogP contribution in [0.1, 0.15) is 22.5 Å². The quantitative estimate of drug-likeness (QED) is 0.800. The van der Waals surface area contributed by atoms with E-state index in [0.717, 1.165) is 17.7 Å². The van der Waals surface area contributed by atoms with Crippen molar-refractivity contribution in [1.29, 1.82) is 0 Å². The number of rotatable bonds is 4. The third kappa shape index (κ3) is 3.57. The van der Waals surface area contributed by atoms with Crippen LogP contribution in [0.5, 0.6) is 0 Å². The van der Waals surface area contributed by atoms with E-state index in [4.69, 9.17) is 16.7 Å². The van der Waals surface area contributed by atoms with Gasteiger partial charge in [-0.05, 0) is 23.8 Å². The zero-order valence-corrected chi connectivity index (χ0v) is 9.50. The lowest BCUT2D eigenvalue weighted by atomic mass is 10.2. The van der Waals surface area contributed by atoms with Crippen molar-refractivity contribution < 1.29 is 9.90 Å². The Morgan fingerprint density at radius 2 is 2.40 bits per heavy atom. The molecule has 1 aromatic heterocycles. The van der Waals surface area contributed by atoms with Crippen LogP contribution in [0.2, 0.25) is 5.02 Å². The van der Waals surface area contributed by atoms with Gasteiger partial charge in [-0.1, -0.05) is 23.8 Å². The van der Waals surface area contributed by atoms with Crippen LogP contribution in [0, 0.1) is 0 Å². The Kier molecular flexibility index (Phi) is 4.65. The van der Waals surface area contributed by atoms with Gasteiger partial charge >= 0.3 is 5.97 Å². The summed E-state index contributed by atoms with van der Waals surface area (Å²) in [6.45, 7) is 0. The summed E-state index contributed by atoms with van der Waals surface area (Å²) in [5, 5.41) is 8.84. The van der Waals surface area contributed by atoms with E-state index in [1.54, 1.807) is 6.07 Å². The number of thiol groups is 1. The van der Waals surface area contributed by atoms with E-state index in [0.29, 0.717) is 0 Å². The molecule has 0 saturated carbocycles. The minimum absolute atomic E-state index is 0.122. The number of carboxylic acid groups (broad SMARTS) is 1. The molecule has 1 rings (SSSR count). The van der Waals surface area contributed by atoms with Crippen LogP contribution in [0.4, 0.5) is 0 Å². The summed E-state index contributed by atoms with van der Waals surface area (Å²) in [4.78, 5) is 14.4. The Balaban J connectivity index is 2.87. The third-order valence-corrected chi connectivity index (χ3v) is 2.22. The van der Waals surface area contributed by atoms with Gasteiger partial charge in [0, 0.05) is 6.20 Å². The van der Waals surface area contributed by atoms with Crippen molar-refractivity contribution in [2.45, 2.75) is 6.42 Å². The molecule has 0 atom stereocenters. The predicted octanol–water partition coefficient (Wildman–Crippen LogP) is 2.77. The molecule has 0 aliphatic rings. The first-order valence-electron chi connectivity index (χ1n) is 4.31. The number of hydrogen-bond acceptors (Lipinski definition) is 3. The molecule has 1 aromatic rings. The highest BCUT2D eigenvalue weighted by atomic mass is 35.5. The van der Waals surface area contributed by atoms with Crippen molar-refractivity contribution in [2.75, 3.05) is 5.75 Å². The van der Waals surface area contributed by atoms with Crippen LogP contribution >= 0.6 is 24.2 Å². The number of aromatic nitrogens is 1. The summed E-state index contributed by atoms with van der Waals surface area (Å²) >= 11 is 9.80. The zero-order chi connectivity index (χ0) is 11.3. The third-order valence-electron chi connectivity index (χ3n) is 1.67. The van der Waals surface area contributed by atoms with E-state index in [-0.39, 0.29) is 10.7 Å². The van der Waals surface area contributed by atoms with Crippen molar-refractivity contribution in [3.8, 4) is 0 Å². The molecule has 80 valence electrons. The smallest absolute Gasteiger partial charge is 0.356 e. The van der Waals surface area contributed by atoms with Crippen LogP contribution in [-0.2, 0) is 0 Å². The minimum atomic E-state index is -1.12. The Labute approximate surface area is 98.2 Å². The molecule has 3 nitrogen and oxygen atoms in total. The molecule has 0 amide bonds. The molecule has 0 radical (unpaired) electrons. The summed E-state index contributed by atoms with van der Waals surface area (Å²) in [6.07, 6.45) is 6.09. The van der Waals surface area contributed by atoms with Crippen molar-refractivity contribution in [3.63, 3.8) is 0 Å². The topological polar surface area (TPSA) is 50.2 Å². The lowest BCUT2D eigenvalue weighted by Crippen LogP contribution is -2.01. The van der Waals surface area contributed by atoms with Gasteiger partial charge in [0.2, 0.25) is 0 Å². The van der Waals surface area contributed by atoms with Crippen LogP contribution in [-0.4, -0.2) is 21.8 Å². The highest BCUT2D eigenvalue weighted by Crippen LogP contribution is 2.16. The molecule has 0 unspecified atom stereocenters. The highest BCUT2D eigenvalue weighted by Gasteiger charge is 2.09. The fourth-order valence-corrected chi connectivity index (χ4v) is 1.40. The van der Waals surface area contributed by atoms with Crippen LogP contribution < -0.4 is 0 Å². The summed E-state index contributed by atoms with van der Waals surface area (Å²) in [5.74, 6) is -0.351. The minimum Gasteiger partial charge on any atom is -0.476 e. The lowest BCUT2D eigenvalue weighted by Gasteiger charge is -1.98. The van der Waals surface area contributed by atoms with Crippen molar-refractivity contribution in [2.24, 2.45) is 0 Å². The molecular weight excluding hydrogens is 234 g/mol. The summed E-state index contributed by atoms with van der Waals surface area (Å²) in [6, 6.07) is 1.58. The van der Waals surface area contributed by atoms with Gasteiger partial charge in [-0.25, -0.2) is 9.78 Å². The standard InChI is InChI=1S/C10H10ClNO2S/c11-8-5-7(3-1-2-4-15)6-12-9(8)10(13)14/h1,3,5-6,15H,2,4H2,(H,13,14). The van der Waals surface area contributed by atoms with Crippen molar-refractivity contribution in [1.82, 2.24) is 4.98 Å². The maximum absolute atomic E-state index is 10.6. The average molecular weight is 244 g/mol. The number of nitrogens with zero attached hydrogens (tertiary/aromatic N) is 1. The van der Waals surface area contributed by atoms with E-state index in [9.17, 15) is 4.79 Å².